The molecule has 0 amide bonds. The number of hydrogen-bond acceptors (Lipinski definition) is 5. The summed E-state index contributed by atoms with van der Waals surface area (Å²) >= 11 is 5.89. The summed E-state index contributed by atoms with van der Waals surface area (Å²) in [5.41, 5.74) is -1.20. The molecule has 1 aliphatic rings. The third kappa shape index (κ3) is 3.10. The zero-order chi connectivity index (χ0) is 16.5. The van der Waals surface area contributed by atoms with Gasteiger partial charge in [-0.1, -0.05) is 17.7 Å². The van der Waals surface area contributed by atoms with Crippen LogP contribution in [0.3, 0.4) is 0 Å². The molecule has 0 aromatic carbocycles. The Kier molecular flexibility index (Phi) is 4.76. The van der Waals surface area contributed by atoms with Crippen molar-refractivity contribution < 1.29 is 23.1 Å². The quantitative estimate of drug-likeness (QED) is 0.801. The molecule has 1 N–H and O–H groups in total. The van der Waals surface area contributed by atoms with Crippen molar-refractivity contribution >= 4 is 27.6 Å². The number of carbonyl (C=O) groups is 1. The average molecular weight is 349 g/mol. The van der Waals surface area contributed by atoms with Crippen LogP contribution in [0.1, 0.15) is 18.9 Å². The largest absolute Gasteiger partial charge is 0.480 e. The van der Waals surface area contributed by atoms with E-state index in [-0.39, 0.29) is 18.1 Å². The number of methoxy groups -OCH3 is 1. The Balaban J connectivity index is 2.35. The Bertz CT molecular complexity index is 681. The number of rotatable bonds is 5. The third-order valence-corrected chi connectivity index (χ3v) is 6.09. The summed E-state index contributed by atoms with van der Waals surface area (Å²) in [5, 5.41) is 9.53. The maximum Gasteiger partial charge on any atom is 0.324 e. The highest BCUT2D eigenvalue weighted by atomic mass is 35.5. The van der Waals surface area contributed by atoms with Crippen molar-refractivity contribution in [2.24, 2.45) is 0 Å². The zero-order valence-corrected chi connectivity index (χ0v) is 13.8. The molecule has 1 aromatic heterocycles. The fraction of sp³-hybridized carbons (Fsp3) is 0.538. The molecule has 7 nitrogen and oxygen atoms in total. The molecular formula is C13H17ClN2O5S. The van der Waals surface area contributed by atoms with Crippen molar-refractivity contribution in [2.75, 3.05) is 13.7 Å². The molecule has 1 aliphatic heterocycles. The maximum absolute atomic E-state index is 12.7. The molecule has 2 unspecified atom stereocenters. The number of halogens is 1. The van der Waals surface area contributed by atoms with Crippen LogP contribution in [0.25, 0.3) is 0 Å². The Morgan fingerprint density at radius 2 is 2.32 bits per heavy atom. The highest BCUT2D eigenvalue weighted by molar-refractivity contribution is 7.88. The van der Waals surface area contributed by atoms with Crippen LogP contribution < -0.4 is 0 Å². The second-order valence-corrected chi connectivity index (χ2v) is 7.63. The lowest BCUT2D eigenvalue weighted by atomic mass is 10.00. The normalized spacial score (nSPS) is 26.2. The third-order valence-electron chi connectivity index (χ3n) is 3.85. The van der Waals surface area contributed by atoms with E-state index in [1.807, 2.05) is 0 Å². The van der Waals surface area contributed by atoms with E-state index in [0.29, 0.717) is 5.56 Å². The van der Waals surface area contributed by atoms with Crippen LogP contribution in [0.2, 0.25) is 5.15 Å². The number of ether oxygens (including phenoxy) is 1. The first-order valence-corrected chi connectivity index (χ1v) is 8.55. The highest BCUT2D eigenvalue weighted by Crippen LogP contribution is 2.35. The van der Waals surface area contributed by atoms with Gasteiger partial charge in [0.15, 0.2) is 0 Å². The van der Waals surface area contributed by atoms with Crippen LogP contribution in [0, 0.1) is 0 Å². The van der Waals surface area contributed by atoms with Gasteiger partial charge in [-0.25, -0.2) is 13.4 Å². The maximum atomic E-state index is 12.7. The molecule has 1 fully saturated rings. The van der Waals surface area contributed by atoms with Crippen LogP contribution >= 0.6 is 11.6 Å². The standard InChI is InChI=1S/C13H17ClN2O5S/c1-13(12(17)18)6-10(21-2)7-16(13)22(19,20)8-9-4-3-5-15-11(9)14/h3-5,10H,6-8H2,1-2H3,(H,17,18). The van der Waals surface area contributed by atoms with Crippen LogP contribution in [-0.4, -0.2) is 54.1 Å². The van der Waals surface area contributed by atoms with Gasteiger partial charge in [-0.3, -0.25) is 4.79 Å². The number of carboxylic acid groups (broad SMARTS) is 1. The topological polar surface area (TPSA) is 96.8 Å². The minimum Gasteiger partial charge on any atom is -0.480 e. The lowest BCUT2D eigenvalue weighted by molar-refractivity contribution is -0.146. The predicted molar refractivity (Wildman–Crippen MR) is 80.0 cm³/mol. The van der Waals surface area contributed by atoms with Crippen LogP contribution in [0.15, 0.2) is 18.3 Å². The summed E-state index contributed by atoms with van der Waals surface area (Å²) in [6.45, 7) is 1.39. The number of aromatic nitrogens is 1. The first-order chi connectivity index (χ1) is 10.2. The fourth-order valence-electron chi connectivity index (χ4n) is 2.57. The highest BCUT2D eigenvalue weighted by Gasteiger charge is 2.53. The van der Waals surface area contributed by atoms with Crippen LogP contribution in [0.4, 0.5) is 0 Å². The van der Waals surface area contributed by atoms with Crippen molar-refractivity contribution in [3.05, 3.63) is 29.0 Å². The molecule has 9 heteroatoms. The van der Waals surface area contributed by atoms with Crippen LogP contribution in [-0.2, 0) is 25.3 Å². The molecule has 2 heterocycles. The fourth-order valence-corrected chi connectivity index (χ4v) is 4.78. The van der Waals surface area contributed by atoms with Gasteiger partial charge in [-0.15, -0.1) is 0 Å². The van der Waals surface area contributed by atoms with E-state index in [1.165, 1.54) is 20.2 Å². The number of carboxylic acids is 1. The number of hydrogen-bond donors (Lipinski definition) is 1. The molecule has 122 valence electrons. The Morgan fingerprint density at radius 3 is 2.86 bits per heavy atom. The average Bonchev–Trinajstić information content (AvgIpc) is 2.81. The number of sulfonamides is 1. The Morgan fingerprint density at radius 1 is 1.64 bits per heavy atom. The van der Waals surface area contributed by atoms with Crippen molar-refractivity contribution in [2.45, 2.75) is 30.7 Å². The summed E-state index contributed by atoms with van der Waals surface area (Å²) in [6.07, 6.45) is 1.09. The number of nitrogens with zero attached hydrogens (tertiary/aromatic N) is 2. The van der Waals surface area contributed by atoms with Gasteiger partial charge in [0, 0.05) is 31.8 Å². The van der Waals surface area contributed by atoms with E-state index in [4.69, 9.17) is 16.3 Å². The lowest BCUT2D eigenvalue weighted by Crippen LogP contribution is -2.51. The molecule has 0 aliphatic carbocycles. The second-order valence-electron chi connectivity index (χ2n) is 5.38. The Labute approximate surface area is 133 Å². The summed E-state index contributed by atoms with van der Waals surface area (Å²) in [7, 11) is -2.45. The van der Waals surface area contributed by atoms with Crippen molar-refractivity contribution in [1.82, 2.24) is 9.29 Å². The van der Waals surface area contributed by atoms with Gasteiger partial charge in [0.1, 0.15) is 10.7 Å². The van der Waals surface area contributed by atoms with E-state index in [1.54, 1.807) is 12.1 Å². The van der Waals surface area contributed by atoms with E-state index in [0.717, 1.165) is 4.31 Å². The minimum atomic E-state index is -3.88. The summed E-state index contributed by atoms with van der Waals surface area (Å²) < 4.78 is 31.4. The first kappa shape index (κ1) is 17.1. The Hall–Kier alpha value is -1.22. The summed E-state index contributed by atoms with van der Waals surface area (Å²) in [5.74, 6) is -1.60. The van der Waals surface area contributed by atoms with Gasteiger partial charge in [0.25, 0.3) is 0 Å². The van der Waals surface area contributed by atoms with Gasteiger partial charge in [0.2, 0.25) is 10.0 Å². The molecule has 0 bridgehead atoms. The van der Waals surface area contributed by atoms with Gasteiger partial charge >= 0.3 is 5.97 Å². The molecule has 1 saturated heterocycles. The summed E-state index contributed by atoms with van der Waals surface area (Å²) in [6, 6.07) is 3.13. The van der Waals surface area contributed by atoms with E-state index in [9.17, 15) is 18.3 Å². The van der Waals surface area contributed by atoms with Gasteiger partial charge < -0.3 is 9.84 Å². The van der Waals surface area contributed by atoms with Gasteiger partial charge in [0.05, 0.1) is 11.9 Å². The van der Waals surface area contributed by atoms with Crippen molar-refractivity contribution in [3.63, 3.8) is 0 Å². The molecule has 2 atom stereocenters. The van der Waals surface area contributed by atoms with Gasteiger partial charge in [-0.2, -0.15) is 4.31 Å². The van der Waals surface area contributed by atoms with Crippen molar-refractivity contribution in [1.29, 1.82) is 0 Å². The number of aliphatic carboxylic acids is 1. The first-order valence-electron chi connectivity index (χ1n) is 6.57. The lowest BCUT2D eigenvalue weighted by Gasteiger charge is -2.29. The van der Waals surface area contributed by atoms with E-state index in [2.05, 4.69) is 4.98 Å². The second kappa shape index (κ2) is 6.11. The SMILES string of the molecule is COC1CN(S(=O)(=O)Cc2cccnc2Cl)C(C)(C(=O)O)C1. The molecule has 2 rings (SSSR count). The molecule has 22 heavy (non-hydrogen) atoms. The zero-order valence-electron chi connectivity index (χ0n) is 12.2. The van der Waals surface area contributed by atoms with Gasteiger partial charge in [-0.05, 0) is 13.0 Å². The van der Waals surface area contributed by atoms with Crippen LogP contribution in [0.5, 0.6) is 0 Å². The smallest absolute Gasteiger partial charge is 0.324 e. The minimum absolute atomic E-state index is 0.000482. The molecule has 0 saturated carbocycles. The number of pyridine rings is 1. The monoisotopic (exact) mass is 348 g/mol. The van der Waals surface area contributed by atoms with Crippen molar-refractivity contribution in [3.8, 4) is 0 Å². The molecule has 0 spiro atoms. The molecular weight excluding hydrogens is 332 g/mol. The predicted octanol–water partition coefficient (Wildman–Crippen LogP) is 1.13. The van der Waals surface area contributed by atoms with E-state index >= 15 is 0 Å². The van der Waals surface area contributed by atoms with E-state index < -0.39 is 33.4 Å². The molecule has 1 aromatic rings. The summed E-state index contributed by atoms with van der Waals surface area (Å²) in [4.78, 5) is 15.4. The molecule has 0 radical (unpaired) electrons.